The fourth-order valence-electron chi connectivity index (χ4n) is 9.01. The molecular formula is C53H52N4O9. The van der Waals surface area contributed by atoms with E-state index in [0.717, 1.165) is 65.5 Å². The van der Waals surface area contributed by atoms with Gasteiger partial charge in [0.05, 0.1) is 23.2 Å². The van der Waals surface area contributed by atoms with Gasteiger partial charge in [0.15, 0.2) is 0 Å². The fraction of sp³-hybridized carbons (Fsp3) is 0.264. The predicted octanol–water partition coefficient (Wildman–Crippen LogP) is 7.93. The summed E-state index contributed by atoms with van der Waals surface area (Å²) in [5.74, 6) is 1.18. The molecule has 2 bridgehead atoms. The first-order chi connectivity index (χ1) is 32.3. The van der Waals surface area contributed by atoms with E-state index in [2.05, 4.69) is 20.5 Å². The molecule has 6 aromatic carbocycles. The number of aliphatic hydroxyl groups excluding tert-OH is 1. The third kappa shape index (κ3) is 10.3. The molecule has 0 aliphatic carbocycles. The smallest absolute Gasteiger partial charge is 0.408 e. The van der Waals surface area contributed by atoms with E-state index >= 15 is 0 Å². The van der Waals surface area contributed by atoms with Crippen molar-refractivity contribution in [2.24, 2.45) is 5.92 Å². The average molecular weight is 889 g/mol. The third-order valence-corrected chi connectivity index (χ3v) is 12.5. The molecule has 66 heavy (non-hydrogen) atoms. The van der Waals surface area contributed by atoms with Crippen molar-refractivity contribution in [3.05, 3.63) is 183 Å². The van der Waals surface area contributed by atoms with Crippen molar-refractivity contribution in [2.75, 3.05) is 39.4 Å². The number of aromatic amines is 1. The Labute approximate surface area is 381 Å². The second-order valence-electron chi connectivity index (χ2n) is 16.8. The van der Waals surface area contributed by atoms with Crippen molar-refractivity contribution in [1.82, 2.24) is 20.5 Å². The number of alkyl carbamates (subject to hydrolysis) is 1. The predicted molar refractivity (Wildman–Crippen MR) is 251 cm³/mol. The molecule has 7 aromatic rings. The number of hydrogen-bond acceptors (Lipinski definition) is 11. The molecule has 3 atom stereocenters. The number of benzene rings is 6. The van der Waals surface area contributed by atoms with E-state index in [4.69, 9.17) is 18.9 Å². The second kappa shape index (κ2) is 20.3. The molecule has 3 aliphatic rings. The van der Waals surface area contributed by atoms with Crippen LogP contribution in [0.1, 0.15) is 63.2 Å². The lowest BCUT2D eigenvalue weighted by Gasteiger charge is -2.43. The quantitative estimate of drug-likeness (QED) is 0.0444. The Bertz CT molecular complexity index is 2860. The number of aromatic nitrogens is 1. The molecule has 3 saturated heterocycles. The number of fused-ring (bicyclic) bond motifs is 5. The summed E-state index contributed by atoms with van der Waals surface area (Å²) in [6, 6.07) is 41.9. The first kappa shape index (κ1) is 44.0. The van der Waals surface area contributed by atoms with Crippen LogP contribution in [0.2, 0.25) is 0 Å². The van der Waals surface area contributed by atoms with Crippen LogP contribution < -0.4 is 25.7 Å². The van der Waals surface area contributed by atoms with Crippen LogP contribution in [0.15, 0.2) is 144 Å². The topological polar surface area (TPSA) is 172 Å². The van der Waals surface area contributed by atoms with Crippen LogP contribution in [0.5, 0.6) is 17.2 Å². The van der Waals surface area contributed by atoms with Gasteiger partial charge in [0.25, 0.3) is 0 Å². The number of esters is 1. The van der Waals surface area contributed by atoms with Crippen LogP contribution in [0.25, 0.3) is 21.7 Å². The maximum atomic E-state index is 13.3. The van der Waals surface area contributed by atoms with E-state index < -0.39 is 24.2 Å². The Morgan fingerprint density at radius 1 is 0.773 bits per heavy atom. The largest absolute Gasteiger partial charge is 0.506 e. The minimum atomic E-state index is -0.889. The SMILES string of the molecule is O=C(N[C@@H](c1ccccc1)c1cccc(OCc2ccc(C(=O)OCCOc3ccc(CNCC(O)c4ccc(O)c5[nH]c(=O)ccc45)c4ccccc34)cc2)c1)OC1CN2CCC1CC2. The normalized spacial score (nSPS) is 17.5. The highest BCUT2D eigenvalue weighted by molar-refractivity contribution is 5.91. The zero-order valence-electron chi connectivity index (χ0n) is 36.4. The van der Waals surface area contributed by atoms with Crippen LogP contribution in [-0.2, 0) is 22.6 Å². The van der Waals surface area contributed by atoms with E-state index in [1.54, 1.807) is 24.3 Å². The highest BCUT2D eigenvalue weighted by Gasteiger charge is 2.37. The monoisotopic (exact) mass is 888 g/mol. The number of phenols is 1. The van der Waals surface area contributed by atoms with Gasteiger partial charge in [-0.1, -0.05) is 91.0 Å². The van der Waals surface area contributed by atoms with Gasteiger partial charge in [0.2, 0.25) is 5.56 Å². The Morgan fingerprint density at radius 3 is 2.33 bits per heavy atom. The molecule has 1 aromatic heterocycles. The van der Waals surface area contributed by atoms with E-state index in [1.165, 1.54) is 12.1 Å². The number of aromatic hydroxyl groups is 1. The van der Waals surface area contributed by atoms with Crippen molar-refractivity contribution >= 4 is 33.7 Å². The van der Waals surface area contributed by atoms with Gasteiger partial charge in [0.1, 0.15) is 43.2 Å². The van der Waals surface area contributed by atoms with Gasteiger partial charge in [-0.2, -0.15) is 0 Å². The third-order valence-electron chi connectivity index (χ3n) is 12.5. The number of ether oxygens (including phenoxy) is 4. The van der Waals surface area contributed by atoms with Crippen LogP contribution in [0.3, 0.4) is 0 Å². The lowest BCUT2D eigenvalue weighted by molar-refractivity contribution is -0.0336. The Hall–Kier alpha value is -7.19. The maximum Gasteiger partial charge on any atom is 0.408 e. The van der Waals surface area contributed by atoms with Gasteiger partial charge < -0.3 is 44.8 Å². The fourth-order valence-corrected chi connectivity index (χ4v) is 9.01. The van der Waals surface area contributed by atoms with Crippen LogP contribution >= 0.6 is 0 Å². The van der Waals surface area contributed by atoms with Gasteiger partial charge >= 0.3 is 12.1 Å². The Balaban J connectivity index is 0.747. The summed E-state index contributed by atoms with van der Waals surface area (Å²) in [6.07, 6.45) is 0.709. The lowest BCUT2D eigenvalue weighted by atomic mass is 9.86. The van der Waals surface area contributed by atoms with Gasteiger partial charge in [0, 0.05) is 36.5 Å². The minimum Gasteiger partial charge on any atom is -0.506 e. The number of phenolic OH excluding ortho intramolecular Hbond substituents is 1. The molecule has 4 heterocycles. The molecule has 338 valence electrons. The number of carbonyl (C=O) groups excluding carboxylic acids is 2. The molecule has 5 N–H and O–H groups in total. The van der Waals surface area contributed by atoms with Gasteiger partial charge in [-0.25, -0.2) is 9.59 Å². The summed E-state index contributed by atoms with van der Waals surface area (Å²) in [6.45, 7) is 4.10. The molecule has 2 unspecified atom stereocenters. The zero-order valence-corrected chi connectivity index (χ0v) is 36.4. The van der Waals surface area contributed by atoms with E-state index in [0.29, 0.717) is 40.5 Å². The summed E-state index contributed by atoms with van der Waals surface area (Å²) in [5, 5.41) is 30.1. The summed E-state index contributed by atoms with van der Waals surface area (Å²) in [7, 11) is 0. The van der Waals surface area contributed by atoms with Gasteiger partial charge in [-0.05, 0) is 108 Å². The number of pyridine rings is 1. The number of aliphatic hydroxyl groups is 1. The molecule has 0 radical (unpaired) electrons. The van der Waals surface area contributed by atoms with Crippen molar-refractivity contribution in [2.45, 2.75) is 44.2 Å². The van der Waals surface area contributed by atoms with E-state index in [9.17, 15) is 24.6 Å². The number of nitrogens with zero attached hydrogens (tertiary/aromatic N) is 1. The standard InChI is InChI=1S/C53H52N4O9/c58-45-20-18-42(44-19-22-49(60)55-51(44)45)46(59)31-54-30-39-17-21-47(43-12-5-4-11-41(39)43)63-27-28-64-52(61)37-15-13-34(14-16-37)33-65-40-10-6-9-38(29-40)50(36-7-2-1-3-8-36)56-53(62)66-48-32-57-25-23-35(48)24-26-57/h1-22,29,35,46,48,50,54,58-59H,23-28,30-33H2,(H,55,60)(H,56,62)/t46?,48?,50-/m0/s1. The summed E-state index contributed by atoms with van der Waals surface area (Å²) in [5.41, 5.74) is 4.60. The lowest BCUT2D eigenvalue weighted by Crippen LogP contribution is -2.52. The molecule has 3 aliphatic heterocycles. The molecule has 3 fully saturated rings. The molecule has 10 rings (SSSR count). The Morgan fingerprint density at radius 2 is 1.55 bits per heavy atom. The number of nitrogens with one attached hydrogen (secondary N) is 3. The van der Waals surface area contributed by atoms with E-state index in [-0.39, 0.29) is 49.3 Å². The van der Waals surface area contributed by atoms with Crippen molar-refractivity contribution in [1.29, 1.82) is 0 Å². The highest BCUT2D eigenvalue weighted by atomic mass is 16.6. The molecule has 0 saturated carbocycles. The maximum absolute atomic E-state index is 13.3. The number of piperidine rings is 3. The van der Waals surface area contributed by atoms with Crippen LogP contribution in [0, 0.1) is 5.92 Å². The number of H-pyrrole nitrogens is 1. The minimum absolute atomic E-state index is 0.0473. The molecule has 0 spiro atoms. The molecular weight excluding hydrogens is 837 g/mol. The molecule has 13 heteroatoms. The first-order valence-electron chi connectivity index (χ1n) is 22.4. The van der Waals surface area contributed by atoms with Gasteiger partial charge in [-0.15, -0.1) is 0 Å². The first-order valence-corrected chi connectivity index (χ1v) is 22.4. The van der Waals surface area contributed by atoms with E-state index in [1.807, 2.05) is 103 Å². The van der Waals surface area contributed by atoms with Crippen molar-refractivity contribution in [3.8, 4) is 17.2 Å². The van der Waals surface area contributed by atoms with Crippen molar-refractivity contribution < 1.29 is 38.7 Å². The second-order valence-corrected chi connectivity index (χ2v) is 16.8. The number of carbonyl (C=O) groups is 2. The van der Waals surface area contributed by atoms with Crippen molar-refractivity contribution in [3.63, 3.8) is 0 Å². The number of rotatable bonds is 17. The van der Waals surface area contributed by atoms with Crippen LogP contribution in [-0.4, -0.2) is 77.7 Å². The summed E-state index contributed by atoms with van der Waals surface area (Å²) >= 11 is 0. The highest BCUT2D eigenvalue weighted by Crippen LogP contribution is 2.33. The summed E-state index contributed by atoms with van der Waals surface area (Å²) in [4.78, 5) is 43.0. The molecule has 13 nitrogen and oxygen atoms in total. The number of amides is 1. The zero-order chi connectivity index (χ0) is 45.4. The molecule has 1 amide bonds. The summed E-state index contributed by atoms with van der Waals surface area (Å²) < 4.78 is 23.8. The van der Waals surface area contributed by atoms with Gasteiger partial charge in [-0.3, -0.25) is 9.69 Å². The average Bonchev–Trinajstić information content (AvgIpc) is 3.35. The number of hydrogen-bond donors (Lipinski definition) is 5. The van der Waals surface area contributed by atoms with Crippen LogP contribution in [0.4, 0.5) is 4.79 Å². The Kier molecular flexibility index (Phi) is 13.6.